The van der Waals surface area contributed by atoms with Gasteiger partial charge in [0.1, 0.15) is 0 Å². The lowest BCUT2D eigenvalue weighted by Gasteiger charge is -2.43. The van der Waals surface area contributed by atoms with Crippen LogP contribution in [-0.4, -0.2) is 43.6 Å². The van der Waals surface area contributed by atoms with E-state index in [4.69, 9.17) is 17.4 Å². The van der Waals surface area contributed by atoms with E-state index in [1.165, 1.54) is 0 Å². The molecule has 0 bridgehead atoms. The van der Waals surface area contributed by atoms with Gasteiger partial charge in [-0.05, 0) is 86.7 Å². The van der Waals surface area contributed by atoms with Crippen LogP contribution in [0.1, 0.15) is 54.4 Å². The Bertz CT molecular complexity index is 432. The third kappa shape index (κ3) is 12.2. The van der Waals surface area contributed by atoms with Crippen LogP contribution in [0.3, 0.4) is 0 Å². The molecule has 0 unspecified atom stereocenters. The maximum atomic E-state index is 12.2. The van der Waals surface area contributed by atoms with E-state index in [0.29, 0.717) is 19.1 Å². The molecule has 0 fully saturated rings. The lowest BCUT2D eigenvalue weighted by Crippen LogP contribution is -2.59. The summed E-state index contributed by atoms with van der Waals surface area (Å²) in [6, 6.07) is 0.665. The minimum absolute atomic E-state index is 0.147. The summed E-state index contributed by atoms with van der Waals surface area (Å²) in [4.78, 5) is 12.2. The summed E-state index contributed by atoms with van der Waals surface area (Å²) < 4.78 is 25.2. The van der Waals surface area contributed by atoms with Crippen LogP contribution in [0.4, 0.5) is 0 Å². The number of carbonyl (C=O) groups is 1. The Kier molecular flexibility index (Phi) is 9.67. The second-order valence-corrected chi connectivity index (χ2v) is 23.0. The quantitative estimate of drug-likeness (QED) is 0.232. The van der Waals surface area contributed by atoms with Crippen LogP contribution >= 0.6 is 0 Å². The molecule has 0 aromatic carbocycles. The normalized spacial score (nSPS) is 14.4. The highest BCUT2D eigenvalue weighted by Gasteiger charge is 2.49. The molecule has 0 aliphatic rings. The molecule has 0 aromatic rings. The van der Waals surface area contributed by atoms with Gasteiger partial charge in [0, 0.05) is 6.04 Å². The Morgan fingerprint density at radius 2 is 1.30 bits per heavy atom. The zero-order chi connectivity index (χ0) is 21.7. The molecule has 0 N–H and O–H groups in total. The van der Waals surface area contributed by atoms with Crippen LogP contribution in [0, 0.1) is 5.41 Å². The van der Waals surface area contributed by atoms with Crippen molar-refractivity contribution in [3.63, 3.8) is 0 Å². The molecule has 5 nitrogen and oxygen atoms in total. The lowest BCUT2D eigenvalue weighted by atomic mass is 9.91. The maximum absolute atomic E-state index is 12.2. The molecule has 0 atom stereocenters. The molecule has 0 aliphatic heterocycles. The third-order valence-corrected chi connectivity index (χ3v) is 13.0. The summed E-state index contributed by atoms with van der Waals surface area (Å²) in [5.74, 6) is -0.147. The van der Waals surface area contributed by atoms with E-state index in [1.807, 2.05) is 41.5 Å². The van der Waals surface area contributed by atoms with E-state index < -0.39 is 30.9 Å². The van der Waals surface area contributed by atoms with Gasteiger partial charge in [0.15, 0.2) is 16.6 Å². The SMILES string of the molecule is CCC(C)(C)C(=O)OCCC[Si](OC(C)(C)C)(O[Si](C)(C)C)O[Si](C)(C)C. The van der Waals surface area contributed by atoms with Gasteiger partial charge in [-0.1, -0.05) is 6.92 Å². The largest absolute Gasteiger partial charge is 0.480 e. The Hall–Kier alpha value is 0.000649. The van der Waals surface area contributed by atoms with Crippen molar-refractivity contribution >= 4 is 31.4 Å². The highest BCUT2D eigenvalue weighted by atomic mass is 28.5. The first-order valence-electron chi connectivity index (χ1n) is 10.1. The van der Waals surface area contributed by atoms with Gasteiger partial charge >= 0.3 is 14.8 Å². The van der Waals surface area contributed by atoms with Crippen LogP contribution < -0.4 is 0 Å². The molecule has 162 valence electrons. The van der Waals surface area contributed by atoms with E-state index in [2.05, 4.69) is 39.3 Å². The van der Waals surface area contributed by atoms with Crippen LogP contribution in [0.15, 0.2) is 0 Å². The minimum Gasteiger partial charge on any atom is -0.465 e. The molecule has 0 amide bonds. The molecule has 0 radical (unpaired) electrons. The number of hydrogen-bond acceptors (Lipinski definition) is 5. The Labute approximate surface area is 171 Å². The van der Waals surface area contributed by atoms with Gasteiger partial charge in [0.05, 0.1) is 17.6 Å². The second-order valence-electron chi connectivity index (χ2n) is 10.8. The van der Waals surface area contributed by atoms with Gasteiger partial charge in [-0.3, -0.25) is 4.79 Å². The predicted octanol–water partition coefficient (Wildman–Crippen LogP) is 5.81. The molecule has 0 rings (SSSR count). The van der Waals surface area contributed by atoms with Gasteiger partial charge in [0.2, 0.25) is 0 Å². The lowest BCUT2D eigenvalue weighted by molar-refractivity contribution is -0.154. The van der Waals surface area contributed by atoms with Gasteiger partial charge in [-0.15, -0.1) is 0 Å². The maximum Gasteiger partial charge on any atom is 0.480 e. The van der Waals surface area contributed by atoms with Crippen molar-refractivity contribution in [2.45, 2.75) is 105 Å². The molecule has 0 saturated heterocycles. The van der Waals surface area contributed by atoms with Crippen molar-refractivity contribution in [1.29, 1.82) is 0 Å². The molecular weight excluding hydrogens is 392 g/mol. The number of rotatable bonds is 11. The topological polar surface area (TPSA) is 54.0 Å². The van der Waals surface area contributed by atoms with E-state index in [9.17, 15) is 4.79 Å². The van der Waals surface area contributed by atoms with Crippen molar-refractivity contribution in [2.75, 3.05) is 6.61 Å². The van der Waals surface area contributed by atoms with Crippen LogP contribution in [0.25, 0.3) is 0 Å². The van der Waals surface area contributed by atoms with Crippen molar-refractivity contribution in [2.24, 2.45) is 5.41 Å². The van der Waals surface area contributed by atoms with Crippen molar-refractivity contribution in [1.82, 2.24) is 0 Å². The first kappa shape index (κ1) is 27.0. The summed E-state index contributed by atoms with van der Waals surface area (Å²) >= 11 is 0. The summed E-state index contributed by atoms with van der Waals surface area (Å²) in [5.41, 5.74) is -0.799. The third-order valence-electron chi connectivity index (χ3n) is 3.68. The highest BCUT2D eigenvalue weighted by molar-refractivity contribution is 6.85. The van der Waals surface area contributed by atoms with Crippen LogP contribution in [0.2, 0.25) is 45.3 Å². The molecule has 8 heteroatoms. The first-order chi connectivity index (χ1) is 11.8. The molecule has 0 aromatic heterocycles. The van der Waals surface area contributed by atoms with Crippen molar-refractivity contribution in [3.8, 4) is 0 Å². The molecule has 27 heavy (non-hydrogen) atoms. The van der Waals surface area contributed by atoms with E-state index in [0.717, 1.165) is 6.42 Å². The van der Waals surface area contributed by atoms with Crippen molar-refractivity contribution < 1.29 is 22.2 Å². The van der Waals surface area contributed by atoms with E-state index >= 15 is 0 Å². The number of esters is 1. The smallest absolute Gasteiger partial charge is 0.465 e. The first-order valence-corrected chi connectivity index (χ1v) is 18.8. The fourth-order valence-electron chi connectivity index (χ4n) is 2.41. The molecular formula is C19H44O5Si3. The summed E-state index contributed by atoms with van der Waals surface area (Å²) in [5, 5.41) is 0. The van der Waals surface area contributed by atoms with Gasteiger partial charge in [-0.2, -0.15) is 0 Å². The van der Waals surface area contributed by atoms with E-state index in [-0.39, 0.29) is 11.6 Å². The fraction of sp³-hybridized carbons (Fsp3) is 0.947. The zero-order valence-electron chi connectivity index (χ0n) is 19.9. The van der Waals surface area contributed by atoms with Crippen molar-refractivity contribution in [3.05, 3.63) is 0 Å². The standard InChI is InChI=1S/C19H44O5Si3/c1-13-19(5,6)17(20)21-15-14-16-27(22-18(2,3)4,23-25(7,8)9)24-26(10,11)12/h13-16H2,1-12H3. The molecule has 0 heterocycles. The molecule has 0 aliphatic carbocycles. The Morgan fingerprint density at radius 3 is 1.63 bits per heavy atom. The van der Waals surface area contributed by atoms with E-state index in [1.54, 1.807) is 0 Å². The Morgan fingerprint density at radius 1 is 0.852 bits per heavy atom. The van der Waals surface area contributed by atoms with Gasteiger partial charge in [-0.25, -0.2) is 0 Å². The minimum atomic E-state index is -2.90. The zero-order valence-corrected chi connectivity index (χ0v) is 22.9. The number of hydrogen-bond donors (Lipinski definition) is 0. The fourth-order valence-corrected chi connectivity index (χ4v) is 13.2. The average Bonchev–Trinajstić information content (AvgIpc) is 2.37. The molecule has 0 saturated carbocycles. The van der Waals surface area contributed by atoms with Gasteiger partial charge in [0.25, 0.3) is 0 Å². The van der Waals surface area contributed by atoms with Crippen LogP contribution in [0.5, 0.6) is 0 Å². The highest BCUT2D eigenvalue weighted by Crippen LogP contribution is 2.31. The molecule has 0 spiro atoms. The summed E-state index contributed by atoms with van der Waals surface area (Å²) in [6.07, 6.45) is 1.44. The summed E-state index contributed by atoms with van der Waals surface area (Å²) in [7, 11) is -6.66. The predicted molar refractivity (Wildman–Crippen MR) is 120 cm³/mol. The summed E-state index contributed by atoms with van der Waals surface area (Å²) in [6.45, 7) is 25.3. The van der Waals surface area contributed by atoms with Crippen LogP contribution in [-0.2, 0) is 22.2 Å². The monoisotopic (exact) mass is 436 g/mol. The second kappa shape index (κ2) is 9.67. The van der Waals surface area contributed by atoms with Gasteiger partial charge < -0.3 is 17.4 Å². The Balaban J connectivity index is 5.29. The average molecular weight is 437 g/mol. The number of carbonyl (C=O) groups excluding carboxylic acids is 1. The number of ether oxygens (including phenoxy) is 1.